The van der Waals surface area contributed by atoms with Crippen LogP contribution in [0.5, 0.6) is 0 Å². The molecule has 1 atom stereocenters. The predicted molar refractivity (Wildman–Crippen MR) is 106 cm³/mol. The van der Waals surface area contributed by atoms with E-state index in [1.807, 2.05) is 12.1 Å². The zero-order valence-corrected chi connectivity index (χ0v) is 15.8. The summed E-state index contributed by atoms with van der Waals surface area (Å²) in [6, 6.07) is 11.9. The van der Waals surface area contributed by atoms with Crippen LogP contribution in [0.2, 0.25) is 0 Å². The summed E-state index contributed by atoms with van der Waals surface area (Å²) in [4.78, 5) is 27.1. The molecule has 0 radical (unpaired) electrons. The molecule has 29 heavy (non-hydrogen) atoms. The summed E-state index contributed by atoms with van der Waals surface area (Å²) >= 11 is 0. The van der Waals surface area contributed by atoms with Crippen LogP contribution in [0.1, 0.15) is 12.5 Å². The van der Waals surface area contributed by atoms with Crippen LogP contribution in [-0.4, -0.2) is 37.7 Å². The summed E-state index contributed by atoms with van der Waals surface area (Å²) in [5.74, 6) is -0.666. The molecule has 1 saturated heterocycles. The maximum atomic E-state index is 14.7. The molecule has 1 heterocycles. The Morgan fingerprint density at radius 2 is 2.10 bits per heavy atom. The van der Waals surface area contributed by atoms with Crippen LogP contribution in [0.25, 0.3) is 21.6 Å². The van der Waals surface area contributed by atoms with E-state index in [9.17, 15) is 14.0 Å². The van der Waals surface area contributed by atoms with Gasteiger partial charge in [0, 0.05) is 23.9 Å². The van der Waals surface area contributed by atoms with Crippen molar-refractivity contribution in [2.24, 2.45) is 5.11 Å². The summed E-state index contributed by atoms with van der Waals surface area (Å²) in [7, 11) is 0. The predicted octanol–water partition coefficient (Wildman–Crippen LogP) is 3.81. The maximum absolute atomic E-state index is 14.7. The second-order valence-electron chi connectivity index (χ2n) is 6.62. The van der Waals surface area contributed by atoms with Crippen molar-refractivity contribution >= 4 is 17.7 Å². The van der Waals surface area contributed by atoms with Gasteiger partial charge in [0.1, 0.15) is 11.9 Å². The highest BCUT2D eigenvalue weighted by molar-refractivity contribution is 5.90. The number of azide groups is 1. The van der Waals surface area contributed by atoms with Crippen LogP contribution < -0.4 is 10.2 Å². The van der Waals surface area contributed by atoms with Gasteiger partial charge in [-0.1, -0.05) is 29.4 Å². The van der Waals surface area contributed by atoms with Gasteiger partial charge in [-0.25, -0.2) is 9.18 Å². The van der Waals surface area contributed by atoms with E-state index in [-0.39, 0.29) is 19.0 Å². The average Bonchev–Trinajstić information content (AvgIpc) is 3.08. The summed E-state index contributed by atoms with van der Waals surface area (Å²) < 4.78 is 19.9. The largest absolute Gasteiger partial charge is 0.442 e. The Kier molecular flexibility index (Phi) is 6.31. The van der Waals surface area contributed by atoms with E-state index in [1.165, 1.54) is 17.9 Å². The summed E-state index contributed by atoms with van der Waals surface area (Å²) in [6.45, 7) is 2.20. The van der Waals surface area contributed by atoms with Crippen molar-refractivity contribution in [1.29, 1.82) is 0 Å². The maximum Gasteiger partial charge on any atom is 0.414 e. The van der Waals surface area contributed by atoms with Crippen LogP contribution in [0, 0.1) is 5.82 Å². The number of amides is 2. The minimum atomic E-state index is -0.572. The second-order valence-corrected chi connectivity index (χ2v) is 6.62. The van der Waals surface area contributed by atoms with Gasteiger partial charge in [-0.2, -0.15) is 0 Å². The van der Waals surface area contributed by atoms with Crippen LogP contribution in [-0.2, 0) is 16.0 Å². The van der Waals surface area contributed by atoms with Crippen molar-refractivity contribution in [3.8, 4) is 11.1 Å². The first-order chi connectivity index (χ1) is 14.0. The second kappa shape index (κ2) is 9.07. The molecule has 2 aromatic carbocycles. The smallest absolute Gasteiger partial charge is 0.414 e. The summed E-state index contributed by atoms with van der Waals surface area (Å²) in [5.41, 5.74) is 10.8. The molecule has 1 aliphatic rings. The molecule has 0 aliphatic carbocycles. The lowest BCUT2D eigenvalue weighted by atomic mass is 10.0. The van der Waals surface area contributed by atoms with Crippen LogP contribution >= 0.6 is 0 Å². The molecule has 9 heteroatoms. The minimum Gasteiger partial charge on any atom is -0.442 e. The third kappa shape index (κ3) is 5.03. The van der Waals surface area contributed by atoms with Gasteiger partial charge in [-0.15, -0.1) is 0 Å². The van der Waals surface area contributed by atoms with Crippen molar-refractivity contribution in [1.82, 2.24) is 5.32 Å². The highest BCUT2D eigenvalue weighted by Crippen LogP contribution is 2.29. The molecule has 150 valence electrons. The van der Waals surface area contributed by atoms with Gasteiger partial charge in [-0.3, -0.25) is 9.69 Å². The highest BCUT2D eigenvalue weighted by Gasteiger charge is 2.32. The lowest BCUT2D eigenvalue weighted by molar-refractivity contribution is -0.119. The van der Waals surface area contributed by atoms with Gasteiger partial charge in [0.05, 0.1) is 18.8 Å². The zero-order chi connectivity index (χ0) is 20.8. The molecule has 0 spiro atoms. The van der Waals surface area contributed by atoms with E-state index in [0.717, 1.165) is 5.56 Å². The van der Waals surface area contributed by atoms with Crippen LogP contribution in [0.3, 0.4) is 0 Å². The van der Waals surface area contributed by atoms with Gasteiger partial charge in [0.25, 0.3) is 0 Å². The molecular weight excluding hydrogens is 377 g/mol. The first-order valence-corrected chi connectivity index (χ1v) is 9.10. The van der Waals surface area contributed by atoms with E-state index in [2.05, 4.69) is 15.3 Å². The number of hydrogen-bond donors (Lipinski definition) is 1. The first kappa shape index (κ1) is 20.2. The van der Waals surface area contributed by atoms with E-state index in [0.29, 0.717) is 29.8 Å². The molecule has 0 unspecified atom stereocenters. The fourth-order valence-electron chi connectivity index (χ4n) is 3.08. The Bertz CT molecular complexity index is 957. The lowest BCUT2D eigenvalue weighted by Crippen LogP contribution is -2.33. The molecule has 1 fully saturated rings. The molecule has 1 aliphatic heterocycles. The van der Waals surface area contributed by atoms with Gasteiger partial charge in [0.15, 0.2) is 0 Å². The number of rotatable bonds is 7. The van der Waals surface area contributed by atoms with Crippen molar-refractivity contribution in [3.63, 3.8) is 0 Å². The van der Waals surface area contributed by atoms with Crippen molar-refractivity contribution in [2.45, 2.75) is 19.4 Å². The van der Waals surface area contributed by atoms with Crippen LogP contribution in [0.15, 0.2) is 47.6 Å². The number of cyclic esters (lactones) is 1. The number of nitrogens with zero attached hydrogens (tertiary/aromatic N) is 4. The van der Waals surface area contributed by atoms with E-state index in [4.69, 9.17) is 10.3 Å². The van der Waals surface area contributed by atoms with Gasteiger partial charge in [-0.05, 0) is 41.3 Å². The van der Waals surface area contributed by atoms with Crippen molar-refractivity contribution < 1.29 is 18.7 Å². The molecular formula is C20H20FN5O3. The summed E-state index contributed by atoms with van der Waals surface area (Å²) in [5, 5.41) is 6.10. The number of anilines is 1. The van der Waals surface area contributed by atoms with Crippen LogP contribution in [0.4, 0.5) is 14.9 Å². The standard InChI is InChI=1S/C20H20FN5O3/c1-13(27)23-11-17-12-26(20(28)29-17)16-6-7-18(19(21)10-16)15-4-2-14(3-5-15)8-9-24-25-22/h2-7,10,17H,8-9,11-12H2,1H3,(H,23,27)/t17-/m0/s1. The SMILES string of the molecule is CC(=O)NC[C@H]1CN(c2ccc(-c3ccc(CCN=[N+]=[N-])cc3)c(F)c2)C(=O)O1. The van der Waals surface area contributed by atoms with E-state index < -0.39 is 18.0 Å². The fourth-order valence-corrected chi connectivity index (χ4v) is 3.08. The third-order valence-electron chi connectivity index (χ3n) is 4.55. The first-order valence-electron chi connectivity index (χ1n) is 9.10. The number of benzene rings is 2. The number of ether oxygens (including phenoxy) is 1. The summed E-state index contributed by atoms with van der Waals surface area (Å²) in [6.07, 6.45) is -0.438. The molecule has 0 aromatic heterocycles. The zero-order valence-electron chi connectivity index (χ0n) is 15.8. The van der Waals surface area contributed by atoms with E-state index >= 15 is 0 Å². The number of hydrogen-bond acceptors (Lipinski definition) is 4. The number of halogens is 1. The molecule has 2 aromatic rings. The topological polar surface area (TPSA) is 107 Å². The number of nitrogens with one attached hydrogen (secondary N) is 1. The molecule has 3 rings (SSSR count). The molecule has 2 amide bonds. The van der Waals surface area contributed by atoms with Gasteiger partial charge >= 0.3 is 6.09 Å². The molecule has 0 saturated carbocycles. The molecule has 1 N–H and O–H groups in total. The molecule has 8 nitrogen and oxygen atoms in total. The van der Waals surface area contributed by atoms with Gasteiger partial charge in [0.2, 0.25) is 5.91 Å². The lowest BCUT2D eigenvalue weighted by Gasteiger charge is -2.14. The Morgan fingerprint density at radius 1 is 1.34 bits per heavy atom. The van der Waals surface area contributed by atoms with Crippen molar-refractivity contribution in [3.05, 3.63) is 64.3 Å². The number of carbonyl (C=O) groups excluding carboxylic acids is 2. The Hall–Kier alpha value is -3.58. The average molecular weight is 397 g/mol. The minimum absolute atomic E-state index is 0.210. The molecule has 0 bridgehead atoms. The van der Waals surface area contributed by atoms with E-state index in [1.54, 1.807) is 24.3 Å². The number of carbonyl (C=O) groups is 2. The van der Waals surface area contributed by atoms with Gasteiger partial charge < -0.3 is 10.1 Å². The van der Waals surface area contributed by atoms with Crippen molar-refractivity contribution in [2.75, 3.05) is 24.5 Å². The quantitative estimate of drug-likeness (QED) is 0.436. The Labute approximate surface area is 166 Å². The third-order valence-corrected chi connectivity index (χ3v) is 4.55. The Balaban J connectivity index is 1.71. The monoisotopic (exact) mass is 397 g/mol. The Morgan fingerprint density at radius 3 is 2.76 bits per heavy atom. The normalized spacial score (nSPS) is 15.6. The highest BCUT2D eigenvalue weighted by atomic mass is 19.1. The fraction of sp³-hybridized carbons (Fsp3) is 0.300.